The van der Waals surface area contributed by atoms with E-state index in [4.69, 9.17) is 10.7 Å². The number of carboxylic acids is 1. The van der Waals surface area contributed by atoms with Gasteiger partial charge in [0.05, 0.1) is 17.0 Å². The van der Waals surface area contributed by atoms with E-state index >= 15 is 0 Å². The second-order valence-corrected chi connectivity index (χ2v) is 10.6. The monoisotopic (exact) mass is 549 g/mol. The van der Waals surface area contributed by atoms with Crippen LogP contribution in [0.15, 0.2) is 35.7 Å². The van der Waals surface area contributed by atoms with E-state index < -0.39 is 18.2 Å². The third-order valence-electron chi connectivity index (χ3n) is 7.04. The van der Waals surface area contributed by atoms with E-state index in [0.29, 0.717) is 40.0 Å². The maximum atomic E-state index is 12.5. The predicted octanol–water partition coefficient (Wildman–Crippen LogP) is 6.96. The van der Waals surface area contributed by atoms with Crippen molar-refractivity contribution in [3.8, 4) is 27.7 Å². The lowest BCUT2D eigenvalue weighted by atomic mass is 9.83. The van der Waals surface area contributed by atoms with Crippen molar-refractivity contribution in [2.24, 2.45) is 11.7 Å². The first kappa shape index (κ1) is 27.7. The molecule has 0 radical (unpaired) electrons. The number of aromatic carboxylic acids is 1. The van der Waals surface area contributed by atoms with Gasteiger partial charge < -0.3 is 20.1 Å². The molecule has 1 aliphatic carbocycles. The van der Waals surface area contributed by atoms with Gasteiger partial charge >= 0.3 is 12.3 Å². The Hall–Kier alpha value is -3.34. The van der Waals surface area contributed by atoms with E-state index in [2.05, 4.69) is 4.74 Å². The number of alkyl halides is 3. The first-order valence-corrected chi connectivity index (χ1v) is 13.5. The zero-order valence-corrected chi connectivity index (χ0v) is 21.8. The first-order valence-electron chi connectivity index (χ1n) is 12.6. The number of thiazole rings is 1. The van der Waals surface area contributed by atoms with Gasteiger partial charge in [-0.3, -0.25) is 4.79 Å². The SMILES string of the molecule is Cc1c(C(=O)O)cc(-c2csc(-c3ccc(OC(F)(F)F)cc3)n2)n1C(CCC(N)=O)CC1CCCCC1. The third-order valence-corrected chi connectivity index (χ3v) is 7.93. The van der Waals surface area contributed by atoms with Crippen LogP contribution in [0.3, 0.4) is 0 Å². The number of carbonyl (C=O) groups is 2. The average molecular weight is 550 g/mol. The molecule has 38 heavy (non-hydrogen) atoms. The van der Waals surface area contributed by atoms with Crippen LogP contribution >= 0.6 is 11.3 Å². The Balaban J connectivity index is 1.69. The van der Waals surface area contributed by atoms with Crippen molar-refractivity contribution in [1.29, 1.82) is 0 Å². The minimum absolute atomic E-state index is 0.127. The molecular weight excluding hydrogens is 519 g/mol. The van der Waals surface area contributed by atoms with E-state index in [9.17, 15) is 27.9 Å². The van der Waals surface area contributed by atoms with Gasteiger partial charge in [-0.15, -0.1) is 24.5 Å². The number of primary amides is 1. The largest absolute Gasteiger partial charge is 0.573 e. The lowest BCUT2D eigenvalue weighted by Gasteiger charge is -2.29. The van der Waals surface area contributed by atoms with Crippen molar-refractivity contribution < 1.29 is 32.6 Å². The first-order chi connectivity index (χ1) is 18.0. The van der Waals surface area contributed by atoms with Crippen LogP contribution in [-0.4, -0.2) is 32.9 Å². The number of carbonyl (C=O) groups excluding carboxylic acids is 1. The maximum Gasteiger partial charge on any atom is 0.573 e. The molecule has 1 aromatic carbocycles. The molecule has 1 amide bonds. The van der Waals surface area contributed by atoms with Gasteiger partial charge in [-0.1, -0.05) is 32.1 Å². The van der Waals surface area contributed by atoms with Gasteiger partial charge in [0.25, 0.3) is 0 Å². The molecule has 1 fully saturated rings. The van der Waals surface area contributed by atoms with Crippen molar-refractivity contribution in [2.45, 2.75) is 70.7 Å². The van der Waals surface area contributed by atoms with Crippen molar-refractivity contribution >= 4 is 23.2 Å². The Morgan fingerprint density at radius 1 is 1.21 bits per heavy atom. The van der Waals surface area contributed by atoms with Crippen LogP contribution in [-0.2, 0) is 4.79 Å². The van der Waals surface area contributed by atoms with Crippen LogP contribution in [0.2, 0.25) is 0 Å². The highest BCUT2D eigenvalue weighted by Crippen LogP contribution is 2.39. The second kappa shape index (κ2) is 11.6. The molecule has 1 saturated carbocycles. The van der Waals surface area contributed by atoms with E-state index in [1.165, 1.54) is 42.0 Å². The van der Waals surface area contributed by atoms with Crippen molar-refractivity contribution in [3.05, 3.63) is 47.0 Å². The third kappa shape index (κ3) is 6.75. The standard InChI is InChI=1S/C27H30F3N3O4S/c1-16-21(26(35)36)14-23(33(16)19(9-12-24(31)34)13-17-5-3-2-4-6-17)22-15-38-25(32-22)18-7-10-20(11-8-18)37-27(28,29)30/h7-8,10-11,14-15,17,19H,2-6,9,12-13H2,1H3,(H2,31,34)(H,35,36). The summed E-state index contributed by atoms with van der Waals surface area (Å²) in [5.74, 6) is -1.30. The lowest BCUT2D eigenvalue weighted by Crippen LogP contribution is -2.21. The normalized spacial score (nSPS) is 15.4. The smallest absolute Gasteiger partial charge is 0.478 e. The van der Waals surface area contributed by atoms with E-state index in [-0.39, 0.29) is 23.8 Å². The highest BCUT2D eigenvalue weighted by atomic mass is 32.1. The Morgan fingerprint density at radius 3 is 2.50 bits per heavy atom. The fourth-order valence-corrected chi connectivity index (χ4v) is 6.12. The highest BCUT2D eigenvalue weighted by molar-refractivity contribution is 7.13. The molecule has 2 aromatic heterocycles. The zero-order chi connectivity index (χ0) is 27.4. The van der Waals surface area contributed by atoms with Crippen LogP contribution in [0.5, 0.6) is 5.75 Å². The van der Waals surface area contributed by atoms with Gasteiger partial charge in [-0.05, 0) is 56.0 Å². The molecule has 0 aliphatic heterocycles. The molecule has 3 N–H and O–H groups in total. The van der Waals surface area contributed by atoms with E-state index in [1.54, 1.807) is 18.4 Å². The summed E-state index contributed by atoms with van der Waals surface area (Å²) in [7, 11) is 0. The van der Waals surface area contributed by atoms with Gasteiger partial charge in [-0.2, -0.15) is 0 Å². The predicted molar refractivity (Wildman–Crippen MR) is 138 cm³/mol. The van der Waals surface area contributed by atoms with Crippen LogP contribution in [0.4, 0.5) is 13.2 Å². The molecule has 1 unspecified atom stereocenters. The quantitative estimate of drug-likeness (QED) is 0.284. The number of amides is 1. The molecule has 0 saturated heterocycles. The van der Waals surface area contributed by atoms with Crippen molar-refractivity contribution in [2.75, 3.05) is 0 Å². The summed E-state index contributed by atoms with van der Waals surface area (Å²) >= 11 is 1.31. The van der Waals surface area contributed by atoms with Crippen LogP contribution < -0.4 is 10.5 Å². The minimum Gasteiger partial charge on any atom is -0.478 e. The molecule has 1 atom stereocenters. The van der Waals surface area contributed by atoms with Gasteiger partial charge in [0.2, 0.25) is 5.91 Å². The van der Waals surface area contributed by atoms with E-state index in [0.717, 1.165) is 32.1 Å². The fraction of sp³-hybridized carbons (Fsp3) is 0.444. The summed E-state index contributed by atoms with van der Waals surface area (Å²) in [4.78, 5) is 28.4. The topological polar surface area (TPSA) is 107 Å². The summed E-state index contributed by atoms with van der Waals surface area (Å²) in [5, 5.41) is 12.2. The Morgan fingerprint density at radius 2 is 1.89 bits per heavy atom. The van der Waals surface area contributed by atoms with Gasteiger partial charge in [0, 0.05) is 29.1 Å². The molecule has 7 nitrogen and oxygen atoms in total. The summed E-state index contributed by atoms with van der Waals surface area (Å²) in [5.41, 5.74) is 8.02. The van der Waals surface area contributed by atoms with Gasteiger partial charge in [-0.25, -0.2) is 9.78 Å². The number of ether oxygens (including phenoxy) is 1. The van der Waals surface area contributed by atoms with Gasteiger partial charge in [0.1, 0.15) is 10.8 Å². The summed E-state index contributed by atoms with van der Waals surface area (Å²) in [6, 6.07) is 6.92. The molecule has 4 rings (SSSR count). The highest BCUT2D eigenvalue weighted by Gasteiger charge is 2.31. The number of benzene rings is 1. The number of halogens is 3. The average Bonchev–Trinajstić information content (AvgIpc) is 3.47. The number of aromatic nitrogens is 2. The minimum atomic E-state index is -4.77. The molecule has 204 valence electrons. The van der Waals surface area contributed by atoms with Crippen molar-refractivity contribution in [1.82, 2.24) is 9.55 Å². The lowest BCUT2D eigenvalue weighted by molar-refractivity contribution is -0.274. The summed E-state index contributed by atoms with van der Waals surface area (Å²) in [6.45, 7) is 1.76. The molecule has 3 aromatic rings. The summed E-state index contributed by atoms with van der Waals surface area (Å²) < 4.78 is 43.4. The van der Waals surface area contributed by atoms with Crippen LogP contribution in [0, 0.1) is 12.8 Å². The Labute approximate surface area is 222 Å². The number of hydrogen-bond acceptors (Lipinski definition) is 5. The number of hydrogen-bond donors (Lipinski definition) is 2. The molecule has 11 heteroatoms. The second-order valence-electron chi connectivity index (χ2n) is 9.71. The zero-order valence-electron chi connectivity index (χ0n) is 21.0. The van der Waals surface area contributed by atoms with Crippen molar-refractivity contribution in [3.63, 3.8) is 0 Å². The molecule has 0 spiro atoms. The number of nitrogens with two attached hydrogens (primary N) is 1. The van der Waals surface area contributed by atoms with Gasteiger partial charge in [0.15, 0.2) is 0 Å². The Bertz CT molecular complexity index is 1280. The summed E-state index contributed by atoms with van der Waals surface area (Å²) in [6.07, 6.45) is 2.45. The molecular formula is C27H30F3N3O4S. The number of nitrogens with zero attached hydrogens (tertiary/aromatic N) is 2. The van der Waals surface area contributed by atoms with Crippen LogP contribution in [0.1, 0.15) is 73.5 Å². The number of rotatable bonds is 10. The maximum absolute atomic E-state index is 12.5. The molecule has 2 heterocycles. The van der Waals surface area contributed by atoms with E-state index in [1.807, 2.05) is 4.57 Å². The fourth-order valence-electron chi connectivity index (χ4n) is 5.30. The molecule has 0 bridgehead atoms. The number of carboxylic acid groups (broad SMARTS) is 1. The van der Waals surface area contributed by atoms with Crippen LogP contribution in [0.25, 0.3) is 22.0 Å². The Kier molecular flexibility index (Phi) is 8.44. The molecule has 1 aliphatic rings.